The van der Waals surface area contributed by atoms with Crippen molar-refractivity contribution >= 4 is 0 Å². The molecule has 0 spiro atoms. The van der Waals surface area contributed by atoms with Gasteiger partial charge in [0.15, 0.2) is 0 Å². The van der Waals surface area contributed by atoms with Crippen molar-refractivity contribution in [3.63, 3.8) is 0 Å². The van der Waals surface area contributed by atoms with Gasteiger partial charge in [-0.3, -0.25) is 10.8 Å². The molecular formula is C16H19N3O. The SMILES string of the molecule is CCc1cccnc1C(NN)c1cccc2c1OCC2. The van der Waals surface area contributed by atoms with Gasteiger partial charge in [-0.1, -0.05) is 31.2 Å². The van der Waals surface area contributed by atoms with Crippen LogP contribution in [0.2, 0.25) is 0 Å². The van der Waals surface area contributed by atoms with E-state index in [9.17, 15) is 0 Å². The molecule has 20 heavy (non-hydrogen) atoms. The number of nitrogens with two attached hydrogens (primary N) is 1. The number of hydrogen-bond donors (Lipinski definition) is 2. The molecule has 0 fully saturated rings. The molecule has 4 heteroatoms. The molecule has 1 aromatic carbocycles. The molecule has 0 radical (unpaired) electrons. The second-order valence-corrected chi connectivity index (χ2v) is 4.93. The summed E-state index contributed by atoms with van der Waals surface area (Å²) in [5.41, 5.74) is 7.38. The molecule has 0 amide bonds. The van der Waals surface area contributed by atoms with Crippen molar-refractivity contribution in [1.82, 2.24) is 10.4 Å². The maximum atomic E-state index is 5.81. The van der Waals surface area contributed by atoms with Gasteiger partial charge in [0.1, 0.15) is 5.75 Å². The van der Waals surface area contributed by atoms with Crippen LogP contribution in [0.3, 0.4) is 0 Å². The number of fused-ring (bicyclic) bond motifs is 1. The van der Waals surface area contributed by atoms with Crippen molar-refractivity contribution in [2.45, 2.75) is 25.8 Å². The number of aryl methyl sites for hydroxylation is 1. The zero-order valence-corrected chi connectivity index (χ0v) is 11.6. The molecule has 3 N–H and O–H groups in total. The Hall–Kier alpha value is -1.91. The monoisotopic (exact) mass is 269 g/mol. The minimum absolute atomic E-state index is 0.140. The molecule has 0 saturated heterocycles. The molecule has 1 aliphatic rings. The Labute approximate surface area is 119 Å². The Bertz CT molecular complexity index is 612. The lowest BCUT2D eigenvalue weighted by Crippen LogP contribution is -2.30. The van der Waals surface area contributed by atoms with Crippen LogP contribution >= 0.6 is 0 Å². The minimum atomic E-state index is -0.140. The van der Waals surface area contributed by atoms with Gasteiger partial charge >= 0.3 is 0 Å². The Morgan fingerprint density at radius 3 is 3.05 bits per heavy atom. The third kappa shape index (κ3) is 2.17. The predicted octanol–water partition coefficient (Wildman–Crippen LogP) is 2.13. The standard InChI is InChI=1S/C16H19N3O/c1-2-11-6-4-9-18-14(11)15(19-17)13-7-3-5-12-8-10-20-16(12)13/h3-7,9,15,19H,2,8,10,17H2,1H3. The topological polar surface area (TPSA) is 60.2 Å². The molecule has 4 nitrogen and oxygen atoms in total. The number of hydrazine groups is 1. The van der Waals surface area contributed by atoms with Crippen molar-refractivity contribution < 1.29 is 4.74 Å². The first kappa shape index (κ1) is 13.1. The number of nitrogens with one attached hydrogen (secondary N) is 1. The van der Waals surface area contributed by atoms with Crippen molar-refractivity contribution in [3.05, 3.63) is 58.9 Å². The average molecular weight is 269 g/mol. The fourth-order valence-corrected chi connectivity index (χ4v) is 2.79. The van der Waals surface area contributed by atoms with Crippen LogP contribution in [-0.2, 0) is 12.8 Å². The van der Waals surface area contributed by atoms with Gasteiger partial charge in [-0.15, -0.1) is 0 Å². The number of rotatable bonds is 4. The fourth-order valence-electron chi connectivity index (χ4n) is 2.79. The highest BCUT2D eigenvalue weighted by molar-refractivity contribution is 5.48. The Balaban J connectivity index is 2.09. The maximum Gasteiger partial charge on any atom is 0.127 e. The van der Waals surface area contributed by atoms with Crippen LogP contribution in [0.5, 0.6) is 5.75 Å². The fraction of sp³-hybridized carbons (Fsp3) is 0.312. The average Bonchev–Trinajstić information content (AvgIpc) is 2.98. The van der Waals surface area contributed by atoms with Crippen molar-refractivity contribution in [3.8, 4) is 5.75 Å². The van der Waals surface area contributed by atoms with Gasteiger partial charge in [0.05, 0.1) is 18.3 Å². The van der Waals surface area contributed by atoms with Crippen molar-refractivity contribution in [2.75, 3.05) is 6.61 Å². The first-order chi connectivity index (χ1) is 9.85. The number of pyridine rings is 1. The van der Waals surface area contributed by atoms with Crippen LogP contribution in [0, 0.1) is 0 Å². The number of benzene rings is 1. The summed E-state index contributed by atoms with van der Waals surface area (Å²) in [5.74, 6) is 6.77. The zero-order chi connectivity index (χ0) is 13.9. The smallest absolute Gasteiger partial charge is 0.127 e. The highest BCUT2D eigenvalue weighted by atomic mass is 16.5. The highest BCUT2D eigenvalue weighted by Crippen LogP contribution is 2.36. The number of aromatic nitrogens is 1. The molecule has 0 aliphatic carbocycles. The van der Waals surface area contributed by atoms with Crippen LogP contribution in [-0.4, -0.2) is 11.6 Å². The van der Waals surface area contributed by atoms with E-state index in [4.69, 9.17) is 10.6 Å². The Morgan fingerprint density at radius 2 is 2.25 bits per heavy atom. The Kier molecular flexibility index (Phi) is 3.67. The van der Waals surface area contributed by atoms with Crippen LogP contribution in [0.4, 0.5) is 0 Å². The van der Waals surface area contributed by atoms with Gasteiger partial charge in [0.25, 0.3) is 0 Å². The van der Waals surface area contributed by atoms with E-state index in [0.717, 1.165) is 36.5 Å². The molecule has 1 unspecified atom stereocenters. The maximum absolute atomic E-state index is 5.81. The zero-order valence-electron chi connectivity index (χ0n) is 11.6. The third-order valence-corrected chi connectivity index (χ3v) is 3.80. The lowest BCUT2D eigenvalue weighted by Gasteiger charge is -2.20. The van der Waals surface area contributed by atoms with E-state index in [1.807, 2.05) is 12.3 Å². The van der Waals surface area contributed by atoms with E-state index >= 15 is 0 Å². The van der Waals surface area contributed by atoms with E-state index < -0.39 is 0 Å². The molecule has 1 aliphatic heterocycles. The molecule has 1 atom stereocenters. The molecule has 1 aromatic heterocycles. The van der Waals surface area contributed by atoms with Gasteiger partial charge in [-0.25, -0.2) is 5.43 Å². The summed E-state index contributed by atoms with van der Waals surface area (Å²) >= 11 is 0. The molecule has 3 rings (SSSR count). The van der Waals surface area contributed by atoms with Gasteiger partial charge in [-0.2, -0.15) is 0 Å². The van der Waals surface area contributed by atoms with Gasteiger partial charge in [0, 0.05) is 18.2 Å². The summed E-state index contributed by atoms with van der Waals surface area (Å²) in [4.78, 5) is 4.52. The van der Waals surface area contributed by atoms with Crippen molar-refractivity contribution in [2.24, 2.45) is 5.84 Å². The van der Waals surface area contributed by atoms with Gasteiger partial charge in [0.2, 0.25) is 0 Å². The van der Waals surface area contributed by atoms with E-state index in [1.54, 1.807) is 0 Å². The molecule has 0 bridgehead atoms. The number of nitrogens with zero attached hydrogens (tertiary/aromatic N) is 1. The molecule has 104 valence electrons. The first-order valence-corrected chi connectivity index (χ1v) is 6.99. The molecular weight excluding hydrogens is 250 g/mol. The normalized spacial score (nSPS) is 14.7. The lowest BCUT2D eigenvalue weighted by atomic mass is 9.96. The quantitative estimate of drug-likeness (QED) is 0.659. The highest BCUT2D eigenvalue weighted by Gasteiger charge is 2.24. The van der Waals surface area contributed by atoms with Crippen LogP contribution < -0.4 is 16.0 Å². The first-order valence-electron chi connectivity index (χ1n) is 6.99. The van der Waals surface area contributed by atoms with E-state index in [-0.39, 0.29) is 6.04 Å². The predicted molar refractivity (Wildman–Crippen MR) is 78.4 cm³/mol. The summed E-state index contributed by atoms with van der Waals surface area (Å²) in [6, 6.07) is 10.1. The van der Waals surface area contributed by atoms with Crippen LogP contribution in [0.15, 0.2) is 36.5 Å². The number of para-hydroxylation sites is 1. The summed E-state index contributed by atoms with van der Waals surface area (Å²) in [6.45, 7) is 2.87. The lowest BCUT2D eigenvalue weighted by molar-refractivity contribution is 0.350. The largest absolute Gasteiger partial charge is 0.493 e. The van der Waals surface area contributed by atoms with E-state index in [2.05, 4.69) is 41.6 Å². The van der Waals surface area contributed by atoms with Crippen LogP contribution in [0.1, 0.15) is 35.3 Å². The van der Waals surface area contributed by atoms with E-state index in [1.165, 1.54) is 11.1 Å². The molecule has 0 saturated carbocycles. The molecule has 2 heterocycles. The second-order valence-electron chi connectivity index (χ2n) is 4.93. The summed E-state index contributed by atoms with van der Waals surface area (Å²) < 4.78 is 5.78. The van der Waals surface area contributed by atoms with E-state index in [0.29, 0.717) is 0 Å². The van der Waals surface area contributed by atoms with Gasteiger partial charge < -0.3 is 4.74 Å². The summed E-state index contributed by atoms with van der Waals surface area (Å²) in [5, 5.41) is 0. The third-order valence-electron chi connectivity index (χ3n) is 3.80. The number of ether oxygens (including phenoxy) is 1. The minimum Gasteiger partial charge on any atom is -0.493 e. The van der Waals surface area contributed by atoms with Crippen LogP contribution in [0.25, 0.3) is 0 Å². The second kappa shape index (κ2) is 5.61. The Morgan fingerprint density at radius 1 is 1.35 bits per heavy atom. The molecule has 2 aromatic rings. The van der Waals surface area contributed by atoms with Gasteiger partial charge in [-0.05, 0) is 23.6 Å². The number of hydrogen-bond acceptors (Lipinski definition) is 4. The summed E-state index contributed by atoms with van der Waals surface area (Å²) in [6.07, 6.45) is 3.70. The summed E-state index contributed by atoms with van der Waals surface area (Å²) in [7, 11) is 0. The van der Waals surface area contributed by atoms with Crippen molar-refractivity contribution in [1.29, 1.82) is 0 Å².